The van der Waals surface area contributed by atoms with Crippen LogP contribution in [0.15, 0.2) is 42.5 Å². The zero-order chi connectivity index (χ0) is 22.8. The number of ether oxygens (including phenoxy) is 3. The maximum Gasteiger partial charge on any atom is 0.346 e. The number of rotatable bonds is 5. The van der Waals surface area contributed by atoms with E-state index >= 15 is 0 Å². The van der Waals surface area contributed by atoms with Crippen molar-refractivity contribution in [2.45, 2.75) is 57.9 Å². The molecule has 2 aromatic rings. The summed E-state index contributed by atoms with van der Waals surface area (Å²) in [6.45, 7) is 6.85. The Morgan fingerprint density at radius 3 is 2.35 bits per heavy atom. The minimum atomic E-state index is -1.03. The van der Waals surface area contributed by atoms with E-state index in [1.54, 1.807) is 20.8 Å². The van der Waals surface area contributed by atoms with E-state index in [4.69, 9.17) is 9.47 Å². The smallest absolute Gasteiger partial charge is 0.346 e. The number of hydrogen-bond donors (Lipinski definition) is 1. The Hall–Kier alpha value is -2.93. The summed E-state index contributed by atoms with van der Waals surface area (Å²) in [4.78, 5) is 37.3. The van der Waals surface area contributed by atoms with Crippen LogP contribution in [0, 0.1) is 5.92 Å². The van der Waals surface area contributed by atoms with Crippen molar-refractivity contribution in [3.05, 3.63) is 48.0 Å². The van der Waals surface area contributed by atoms with Crippen LogP contribution in [0.2, 0.25) is 0 Å². The van der Waals surface area contributed by atoms with Gasteiger partial charge in [-0.1, -0.05) is 36.4 Å². The van der Waals surface area contributed by atoms with Gasteiger partial charge in [0.2, 0.25) is 0 Å². The third kappa shape index (κ3) is 5.41. The molecule has 3 rings (SSSR count). The number of carbonyl (C=O) groups is 3. The van der Waals surface area contributed by atoms with Gasteiger partial charge in [-0.05, 0) is 56.5 Å². The lowest BCUT2D eigenvalue weighted by Gasteiger charge is -2.22. The summed E-state index contributed by atoms with van der Waals surface area (Å²) in [7, 11) is 1.24. The summed E-state index contributed by atoms with van der Waals surface area (Å²) in [5.74, 6) is -2.28. The van der Waals surface area contributed by atoms with Gasteiger partial charge in [0.15, 0.2) is 6.10 Å². The fourth-order valence-corrected chi connectivity index (χ4v) is 3.77. The van der Waals surface area contributed by atoms with E-state index in [1.807, 2.05) is 42.5 Å². The number of fused-ring (bicyclic) bond motifs is 1. The van der Waals surface area contributed by atoms with Gasteiger partial charge in [0.1, 0.15) is 11.6 Å². The van der Waals surface area contributed by atoms with Gasteiger partial charge in [0.25, 0.3) is 0 Å². The molecule has 166 valence electrons. The lowest BCUT2D eigenvalue weighted by molar-refractivity contribution is -0.167. The monoisotopic (exact) mass is 427 g/mol. The molecule has 0 unspecified atom stereocenters. The molecule has 0 aliphatic carbocycles. The molecule has 0 radical (unpaired) electrons. The summed E-state index contributed by atoms with van der Waals surface area (Å²) in [6.07, 6.45) is -0.825. The van der Waals surface area contributed by atoms with E-state index < -0.39 is 47.6 Å². The van der Waals surface area contributed by atoms with Crippen molar-refractivity contribution >= 4 is 28.7 Å². The van der Waals surface area contributed by atoms with Gasteiger partial charge < -0.3 is 14.2 Å². The van der Waals surface area contributed by atoms with Crippen LogP contribution in [0.4, 0.5) is 0 Å². The maximum atomic E-state index is 13.0. The highest BCUT2D eigenvalue weighted by Crippen LogP contribution is 2.36. The summed E-state index contributed by atoms with van der Waals surface area (Å²) in [5, 5.41) is 5.35. The standard InChI is InChI=1S/C24H29NO6/c1-14(21(26)29-5)30-22(27)18-13-19(23(28)31-24(2,3)4)25-20(18)17-11-10-15-8-6-7-9-16(15)12-17/h6-12,14,18-20,25H,13H2,1-5H3/t14-,18+,19+,20+/m0/s1. The molecule has 0 spiro atoms. The summed E-state index contributed by atoms with van der Waals surface area (Å²) in [5.41, 5.74) is 0.215. The molecule has 1 aliphatic heterocycles. The first kappa shape index (κ1) is 22.7. The Kier molecular flexibility index (Phi) is 6.65. The lowest BCUT2D eigenvalue weighted by atomic mass is 9.92. The van der Waals surface area contributed by atoms with E-state index in [0.29, 0.717) is 0 Å². The molecular weight excluding hydrogens is 398 g/mol. The molecular formula is C24H29NO6. The Bertz CT molecular complexity index is 979. The van der Waals surface area contributed by atoms with Crippen molar-refractivity contribution in [1.82, 2.24) is 5.32 Å². The topological polar surface area (TPSA) is 90.9 Å². The second-order valence-corrected chi connectivity index (χ2v) is 8.78. The predicted octanol–water partition coefficient (Wildman–Crippen LogP) is 3.31. The van der Waals surface area contributed by atoms with E-state index in [9.17, 15) is 14.4 Å². The lowest BCUT2D eigenvalue weighted by Crippen LogP contribution is -2.38. The van der Waals surface area contributed by atoms with Gasteiger partial charge in [0, 0.05) is 6.04 Å². The zero-order valence-corrected chi connectivity index (χ0v) is 18.5. The van der Waals surface area contributed by atoms with Crippen LogP contribution < -0.4 is 5.32 Å². The number of methoxy groups -OCH3 is 1. The second kappa shape index (κ2) is 9.06. The molecule has 1 heterocycles. The van der Waals surface area contributed by atoms with E-state index in [1.165, 1.54) is 14.0 Å². The molecule has 4 atom stereocenters. The molecule has 0 saturated carbocycles. The first-order chi connectivity index (χ1) is 14.6. The average Bonchev–Trinajstić information content (AvgIpc) is 3.17. The van der Waals surface area contributed by atoms with Crippen molar-refractivity contribution in [2.75, 3.05) is 7.11 Å². The summed E-state index contributed by atoms with van der Waals surface area (Å²) >= 11 is 0. The van der Waals surface area contributed by atoms with Crippen LogP contribution in [-0.2, 0) is 28.6 Å². The van der Waals surface area contributed by atoms with Gasteiger partial charge in [-0.25, -0.2) is 4.79 Å². The molecule has 31 heavy (non-hydrogen) atoms. The summed E-state index contributed by atoms with van der Waals surface area (Å²) < 4.78 is 15.5. The fourth-order valence-electron chi connectivity index (χ4n) is 3.77. The third-order valence-corrected chi connectivity index (χ3v) is 5.23. The van der Waals surface area contributed by atoms with Crippen LogP contribution >= 0.6 is 0 Å². The van der Waals surface area contributed by atoms with Crippen LogP contribution in [0.1, 0.15) is 45.7 Å². The first-order valence-corrected chi connectivity index (χ1v) is 10.3. The molecule has 2 aromatic carbocycles. The molecule has 0 bridgehead atoms. The maximum absolute atomic E-state index is 13.0. The van der Waals surface area contributed by atoms with Crippen LogP contribution in [0.5, 0.6) is 0 Å². The van der Waals surface area contributed by atoms with Crippen molar-refractivity contribution < 1.29 is 28.6 Å². The van der Waals surface area contributed by atoms with Gasteiger partial charge in [-0.3, -0.25) is 14.9 Å². The quantitative estimate of drug-likeness (QED) is 0.578. The van der Waals surface area contributed by atoms with E-state index in [0.717, 1.165) is 16.3 Å². The largest absolute Gasteiger partial charge is 0.466 e. The number of benzene rings is 2. The van der Waals surface area contributed by atoms with Crippen molar-refractivity contribution in [3.63, 3.8) is 0 Å². The SMILES string of the molecule is COC(=O)[C@H](C)OC(=O)[C@@H]1C[C@H](C(=O)OC(C)(C)C)N[C@@H]1c1ccc2ccccc2c1. The highest BCUT2D eigenvalue weighted by atomic mass is 16.6. The molecule has 0 aromatic heterocycles. The minimum Gasteiger partial charge on any atom is -0.466 e. The van der Waals surface area contributed by atoms with Crippen molar-refractivity contribution in [3.8, 4) is 0 Å². The number of nitrogens with one attached hydrogen (secondary N) is 1. The molecule has 0 amide bonds. The van der Waals surface area contributed by atoms with Gasteiger partial charge in [-0.2, -0.15) is 0 Å². The Morgan fingerprint density at radius 1 is 1.03 bits per heavy atom. The molecule has 7 heteroatoms. The number of esters is 3. The average molecular weight is 427 g/mol. The van der Waals surface area contributed by atoms with Crippen LogP contribution in [0.25, 0.3) is 10.8 Å². The first-order valence-electron chi connectivity index (χ1n) is 10.3. The van der Waals surface area contributed by atoms with Gasteiger partial charge >= 0.3 is 17.9 Å². The van der Waals surface area contributed by atoms with Crippen molar-refractivity contribution in [2.24, 2.45) is 5.92 Å². The number of carbonyl (C=O) groups excluding carboxylic acids is 3. The third-order valence-electron chi connectivity index (χ3n) is 5.23. The van der Waals surface area contributed by atoms with Crippen LogP contribution in [-0.4, -0.2) is 42.8 Å². The Labute approximate surface area is 182 Å². The highest BCUT2D eigenvalue weighted by molar-refractivity contribution is 5.85. The van der Waals surface area contributed by atoms with Crippen LogP contribution in [0.3, 0.4) is 0 Å². The Balaban J connectivity index is 1.88. The van der Waals surface area contributed by atoms with Gasteiger partial charge in [0.05, 0.1) is 13.0 Å². The van der Waals surface area contributed by atoms with Crippen molar-refractivity contribution in [1.29, 1.82) is 0 Å². The highest BCUT2D eigenvalue weighted by Gasteiger charge is 2.45. The van der Waals surface area contributed by atoms with E-state index in [-0.39, 0.29) is 6.42 Å². The predicted molar refractivity (Wildman–Crippen MR) is 115 cm³/mol. The summed E-state index contributed by atoms with van der Waals surface area (Å²) in [6, 6.07) is 12.7. The minimum absolute atomic E-state index is 0.207. The van der Waals surface area contributed by atoms with E-state index in [2.05, 4.69) is 10.1 Å². The fraction of sp³-hybridized carbons (Fsp3) is 0.458. The molecule has 1 N–H and O–H groups in total. The zero-order valence-electron chi connectivity index (χ0n) is 18.5. The molecule has 7 nitrogen and oxygen atoms in total. The normalized spacial score (nSPS) is 22.0. The Morgan fingerprint density at radius 2 is 1.71 bits per heavy atom. The molecule has 1 aliphatic rings. The number of hydrogen-bond acceptors (Lipinski definition) is 7. The second-order valence-electron chi connectivity index (χ2n) is 8.78. The molecule has 1 saturated heterocycles. The van der Waals surface area contributed by atoms with Gasteiger partial charge in [-0.15, -0.1) is 0 Å². The molecule has 1 fully saturated rings.